The maximum atomic E-state index is 11.8. The SMILES string of the molecule is COCCOCCCCNC(C)C(=O)NCc1ccco1. The van der Waals surface area contributed by atoms with Crippen LogP contribution in [0.1, 0.15) is 25.5 Å². The van der Waals surface area contributed by atoms with E-state index in [9.17, 15) is 4.79 Å². The van der Waals surface area contributed by atoms with Gasteiger partial charge in [0.15, 0.2) is 0 Å². The van der Waals surface area contributed by atoms with Gasteiger partial charge in [0.2, 0.25) is 5.91 Å². The number of methoxy groups -OCH3 is 1. The highest BCUT2D eigenvalue weighted by atomic mass is 16.5. The lowest BCUT2D eigenvalue weighted by molar-refractivity contribution is -0.123. The Hall–Kier alpha value is -1.37. The van der Waals surface area contributed by atoms with Crippen LogP contribution in [-0.2, 0) is 20.8 Å². The number of hydrogen-bond acceptors (Lipinski definition) is 5. The van der Waals surface area contributed by atoms with Crippen LogP contribution in [0.15, 0.2) is 22.8 Å². The van der Waals surface area contributed by atoms with E-state index in [0.717, 1.165) is 31.8 Å². The fraction of sp³-hybridized carbons (Fsp3) is 0.667. The van der Waals surface area contributed by atoms with E-state index < -0.39 is 0 Å². The van der Waals surface area contributed by atoms with E-state index >= 15 is 0 Å². The fourth-order valence-electron chi connectivity index (χ4n) is 1.73. The van der Waals surface area contributed by atoms with Crippen LogP contribution < -0.4 is 10.6 Å². The fourth-order valence-corrected chi connectivity index (χ4v) is 1.73. The van der Waals surface area contributed by atoms with Gasteiger partial charge in [0.05, 0.1) is 32.1 Å². The van der Waals surface area contributed by atoms with Crippen molar-refractivity contribution in [2.75, 3.05) is 33.5 Å². The molecule has 0 bridgehead atoms. The normalized spacial score (nSPS) is 12.3. The monoisotopic (exact) mass is 298 g/mol. The quantitative estimate of drug-likeness (QED) is 0.569. The minimum Gasteiger partial charge on any atom is -0.467 e. The number of rotatable bonds is 12. The Labute approximate surface area is 126 Å². The van der Waals surface area contributed by atoms with Gasteiger partial charge in [0, 0.05) is 13.7 Å². The molecule has 0 aliphatic carbocycles. The van der Waals surface area contributed by atoms with Crippen molar-refractivity contribution >= 4 is 5.91 Å². The van der Waals surface area contributed by atoms with Crippen molar-refractivity contribution < 1.29 is 18.7 Å². The second-order valence-corrected chi connectivity index (χ2v) is 4.79. The van der Waals surface area contributed by atoms with Gasteiger partial charge in [-0.1, -0.05) is 0 Å². The van der Waals surface area contributed by atoms with Crippen LogP contribution in [0.25, 0.3) is 0 Å². The van der Waals surface area contributed by atoms with Crippen molar-refractivity contribution in [1.29, 1.82) is 0 Å². The van der Waals surface area contributed by atoms with Crippen molar-refractivity contribution in [3.05, 3.63) is 24.2 Å². The smallest absolute Gasteiger partial charge is 0.237 e. The van der Waals surface area contributed by atoms with Gasteiger partial charge in [-0.25, -0.2) is 0 Å². The first-order valence-electron chi connectivity index (χ1n) is 7.34. The van der Waals surface area contributed by atoms with Crippen LogP contribution in [-0.4, -0.2) is 45.4 Å². The largest absolute Gasteiger partial charge is 0.467 e. The van der Waals surface area contributed by atoms with E-state index in [1.54, 1.807) is 19.4 Å². The summed E-state index contributed by atoms with van der Waals surface area (Å²) in [5.74, 6) is 0.728. The number of carbonyl (C=O) groups is 1. The van der Waals surface area contributed by atoms with Gasteiger partial charge in [-0.15, -0.1) is 0 Å². The van der Waals surface area contributed by atoms with Crippen LogP contribution in [0.5, 0.6) is 0 Å². The molecule has 1 amide bonds. The lowest BCUT2D eigenvalue weighted by Gasteiger charge is -2.13. The first-order valence-corrected chi connectivity index (χ1v) is 7.34. The molecule has 1 aromatic rings. The van der Waals surface area contributed by atoms with E-state index in [0.29, 0.717) is 19.8 Å². The van der Waals surface area contributed by atoms with Gasteiger partial charge in [-0.3, -0.25) is 4.79 Å². The first-order chi connectivity index (χ1) is 10.2. The summed E-state index contributed by atoms with van der Waals surface area (Å²) in [7, 11) is 1.66. The third-order valence-corrected chi connectivity index (χ3v) is 3.01. The molecule has 1 rings (SSSR count). The minimum absolute atomic E-state index is 0.0252. The summed E-state index contributed by atoms with van der Waals surface area (Å²) >= 11 is 0. The first kappa shape index (κ1) is 17.7. The number of unbranched alkanes of at least 4 members (excludes halogenated alkanes) is 1. The number of furan rings is 1. The Bertz CT molecular complexity index is 368. The summed E-state index contributed by atoms with van der Waals surface area (Å²) in [6, 6.07) is 3.43. The van der Waals surface area contributed by atoms with Crippen molar-refractivity contribution in [3.63, 3.8) is 0 Å². The van der Waals surface area contributed by atoms with Crippen LogP contribution in [0.4, 0.5) is 0 Å². The maximum Gasteiger partial charge on any atom is 0.237 e. The van der Waals surface area contributed by atoms with Gasteiger partial charge in [-0.05, 0) is 38.4 Å². The molecule has 1 unspecified atom stereocenters. The van der Waals surface area contributed by atoms with Gasteiger partial charge in [0.1, 0.15) is 5.76 Å². The van der Waals surface area contributed by atoms with Crippen molar-refractivity contribution in [2.24, 2.45) is 0 Å². The van der Waals surface area contributed by atoms with Gasteiger partial charge in [0.25, 0.3) is 0 Å². The van der Waals surface area contributed by atoms with Crippen LogP contribution in [0.3, 0.4) is 0 Å². The molecule has 0 aliphatic heterocycles. The predicted molar refractivity (Wildman–Crippen MR) is 79.9 cm³/mol. The average molecular weight is 298 g/mol. The summed E-state index contributed by atoms with van der Waals surface area (Å²) < 4.78 is 15.4. The Kier molecular flexibility index (Phi) is 9.52. The number of nitrogens with one attached hydrogen (secondary N) is 2. The summed E-state index contributed by atoms with van der Waals surface area (Å²) in [4.78, 5) is 11.8. The molecule has 6 heteroatoms. The topological polar surface area (TPSA) is 72.7 Å². The van der Waals surface area contributed by atoms with Gasteiger partial charge >= 0.3 is 0 Å². The molecule has 21 heavy (non-hydrogen) atoms. The Morgan fingerprint density at radius 3 is 2.90 bits per heavy atom. The molecule has 0 fully saturated rings. The van der Waals surface area contributed by atoms with Crippen LogP contribution in [0.2, 0.25) is 0 Å². The average Bonchev–Trinajstić information content (AvgIpc) is 3.00. The highest BCUT2D eigenvalue weighted by molar-refractivity contribution is 5.81. The minimum atomic E-state index is -0.214. The Morgan fingerprint density at radius 1 is 1.33 bits per heavy atom. The molecule has 0 radical (unpaired) electrons. The van der Waals surface area contributed by atoms with Crippen LogP contribution in [0, 0.1) is 0 Å². The molecule has 0 saturated carbocycles. The Balaban J connectivity index is 1.97. The van der Waals surface area contributed by atoms with Gasteiger partial charge < -0.3 is 24.5 Å². The predicted octanol–water partition coefficient (Wildman–Crippen LogP) is 1.32. The molecule has 120 valence electrons. The molecule has 1 aromatic heterocycles. The molecule has 0 saturated heterocycles. The van der Waals surface area contributed by atoms with E-state index in [4.69, 9.17) is 13.9 Å². The van der Waals surface area contributed by atoms with Crippen LogP contribution >= 0.6 is 0 Å². The number of ether oxygens (including phenoxy) is 2. The summed E-state index contributed by atoms with van der Waals surface area (Å²) in [5.41, 5.74) is 0. The molecule has 2 N–H and O–H groups in total. The summed E-state index contributed by atoms with van der Waals surface area (Å²) in [6.07, 6.45) is 3.54. The summed E-state index contributed by atoms with van der Waals surface area (Å²) in [5, 5.41) is 6.02. The number of hydrogen-bond donors (Lipinski definition) is 2. The maximum absolute atomic E-state index is 11.8. The second-order valence-electron chi connectivity index (χ2n) is 4.79. The molecule has 1 heterocycles. The second kappa shape index (κ2) is 11.3. The molecule has 0 spiro atoms. The molecule has 1 atom stereocenters. The lowest BCUT2D eigenvalue weighted by atomic mass is 10.2. The molecule has 0 aromatic carbocycles. The zero-order chi connectivity index (χ0) is 15.3. The van der Waals surface area contributed by atoms with E-state index in [1.807, 2.05) is 13.0 Å². The highest BCUT2D eigenvalue weighted by Crippen LogP contribution is 1.98. The number of amides is 1. The molecule has 6 nitrogen and oxygen atoms in total. The summed E-state index contributed by atoms with van der Waals surface area (Å²) in [6.45, 7) is 5.06. The molecule has 0 aliphatic rings. The molecular weight excluding hydrogens is 272 g/mol. The van der Waals surface area contributed by atoms with E-state index in [1.165, 1.54) is 0 Å². The zero-order valence-corrected chi connectivity index (χ0v) is 12.9. The zero-order valence-electron chi connectivity index (χ0n) is 12.9. The Morgan fingerprint density at radius 2 is 2.19 bits per heavy atom. The van der Waals surface area contributed by atoms with E-state index in [-0.39, 0.29) is 11.9 Å². The third-order valence-electron chi connectivity index (χ3n) is 3.01. The highest BCUT2D eigenvalue weighted by Gasteiger charge is 2.11. The standard InChI is InChI=1S/C15H26N2O4/c1-13(15(18)17-12-14-6-5-9-21-14)16-7-3-4-8-20-11-10-19-2/h5-6,9,13,16H,3-4,7-8,10-12H2,1-2H3,(H,17,18). The third kappa shape index (κ3) is 8.49. The van der Waals surface area contributed by atoms with Crippen molar-refractivity contribution in [3.8, 4) is 0 Å². The number of carbonyl (C=O) groups excluding carboxylic acids is 1. The van der Waals surface area contributed by atoms with Crippen molar-refractivity contribution in [1.82, 2.24) is 10.6 Å². The van der Waals surface area contributed by atoms with Gasteiger partial charge in [-0.2, -0.15) is 0 Å². The van der Waals surface area contributed by atoms with Crippen molar-refractivity contribution in [2.45, 2.75) is 32.4 Å². The lowest BCUT2D eigenvalue weighted by Crippen LogP contribution is -2.42. The molecular formula is C15H26N2O4. The van der Waals surface area contributed by atoms with E-state index in [2.05, 4.69) is 10.6 Å².